The van der Waals surface area contributed by atoms with Crippen molar-refractivity contribution in [3.05, 3.63) is 86.9 Å². The van der Waals surface area contributed by atoms with Crippen molar-refractivity contribution in [3.8, 4) is 0 Å². The van der Waals surface area contributed by atoms with Crippen molar-refractivity contribution >= 4 is 17.1 Å². The molecule has 29 heavy (non-hydrogen) atoms. The Morgan fingerprint density at radius 1 is 1.07 bits per heavy atom. The fraction of sp³-hybridized carbons (Fsp3) is 0.111. The monoisotopic (exact) mass is 407 g/mol. The molecule has 0 aliphatic carbocycles. The van der Waals surface area contributed by atoms with Gasteiger partial charge in [0.25, 0.3) is 5.70 Å². The third-order valence-electron chi connectivity index (χ3n) is 4.52. The summed E-state index contributed by atoms with van der Waals surface area (Å²) in [5.41, 5.74) is 4.43. The standard InChI is InChI=1S/C18H12F3N4O3.H2O/c1-10-15(25(27)28)13-4-2-3-5-14(13)24-16(10)17(26)23(22-24)12-8-6-11(7-9-12)18(19,20)21;/h2-9,26H,1H3;1H2. The quantitative estimate of drug-likeness (QED) is 0.605. The van der Waals surface area contributed by atoms with Gasteiger partial charge in [-0.2, -0.15) is 13.2 Å². The van der Waals surface area contributed by atoms with Crippen LogP contribution in [-0.4, -0.2) is 15.5 Å². The second-order valence-corrected chi connectivity index (χ2v) is 6.18. The number of rotatable bonds is 2. The third kappa shape index (κ3) is 3.05. The van der Waals surface area contributed by atoms with Crippen LogP contribution in [0.3, 0.4) is 0 Å². The average molecular weight is 407 g/mol. The van der Waals surface area contributed by atoms with Gasteiger partial charge < -0.3 is 10.6 Å². The fourth-order valence-corrected chi connectivity index (χ4v) is 3.24. The highest BCUT2D eigenvalue weighted by molar-refractivity contribution is 5.85. The van der Waals surface area contributed by atoms with E-state index in [1.165, 1.54) is 24.1 Å². The van der Waals surface area contributed by atoms with Gasteiger partial charge in [0.05, 0.1) is 33.0 Å². The van der Waals surface area contributed by atoms with E-state index in [2.05, 4.69) is 5.53 Å². The molecule has 2 aromatic rings. The van der Waals surface area contributed by atoms with Crippen molar-refractivity contribution in [1.82, 2.24) is 5.53 Å². The molecule has 2 aromatic carbocycles. The Kier molecular flexibility index (Phi) is 4.73. The lowest BCUT2D eigenvalue weighted by Crippen LogP contribution is -2.36. The van der Waals surface area contributed by atoms with E-state index in [1.54, 1.807) is 24.3 Å². The SMILES string of the molecule is CC1=C([N+](=O)[O-])c2ccccc2N2[N]N(c3ccc(C(F)(F)F)cc3)C(O)=C12.O. The number of nitro groups is 1. The van der Waals surface area contributed by atoms with Crippen LogP contribution in [0.5, 0.6) is 0 Å². The van der Waals surface area contributed by atoms with Gasteiger partial charge >= 0.3 is 6.18 Å². The van der Waals surface area contributed by atoms with Gasteiger partial charge in [-0.05, 0) is 48.9 Å². The molecule has 0 aromatic heterocycles. The number of halogens is 3. The van der Waals surface area contributed by atoms with Crippen molar-refractivity contribution in [2.75, 3.05) is 10.0 Å². The second-order valence-electron chi connectivity index (χ2n) is 6.18. The second kappa shape index (κ2) is 6.79. The summed E-state index contributed by atoms with van der Waals surface area (Å²) < 4.78 is 38.3. The molecule has 8 nitrogen and oxygen atoms in total. The smallest absolute Gasteiger partial charge is 0.416 e. The number of hydrogen-bond donors (Lipinski definition) is 1. The first-order valence-corrected chi connectivity index (χ1v) is 8.07. The molecule has 0 bridgehead atoms. The molecule has 0 spiro atoms. The van der Waals surface area contributed by atoms with Crippen LogP contribution in [0.4, 0.5) is 24.5 Å². The summed E-state index contributed by atoms with van der Waals surface area (Å²) in [7, 11) is 0. The van der Waals surface area contributed by atoms with Crippen molar-refractivity contribution in [2.24, 2.45) is 0 Å². The van der Waals surface area contributed by atoms with E-state index in [9.17, 15) is 28.4 Å². The minimum Gasteiger partial charge on any atom is -0.492 e. The van der Waals surface area contributed by atoms with Crippen LogP contribution in [0.25, 0.3) is 5.70 Å². The molecule has 0 fully saturated rings. The summed E-state index contributed by atoms with van der Waals surface area (Å²) in [6.07, 6.45) is -4.49. The van der Waals surface area contributed by atoms with E-state index in [-0.39, 0.29) is 28.1 Å². The molecule has 2 aliphatic heterocycles. The lowest BCUT2D eigenvalue weighted by molar-refractivity contribution is -0.376. The van der Waals surface area contributed by atoms with Crippen LogP contribution in [0.2, 0.25) is 0 Å². The summed E-state index contributed by atoms with van der Waals surface area (Å²) in [6, 6.07) is 10.6. The van der Waals surface area contributed by atoms with Gasteiger partial charge in [-0.1, -0.05) is 12.1 Å². The van der Waals surface area contributed by atoms with Crippen molar-refractivity contribution in [2.45, 2.75) is 13.1 Å². The molecule has 0 amide bonds. The summed E-state index contributed by atoms with van der Waals surface area (Å²) >= 11 is 0. The van der Waals surface area contributed by atoms with Gasteiger partial charge in [-0.25, -0.2) is 10.0 Å². The summed E-state index contributed by atoms with van der Waals surface area (Å²) in [6.45, 7) is 1.48. The van der Waals surface area contributed by atoms with Crippen LogP contribution in [0, 0.1) is 10.1 Å². The van der Waals surface area contributed by atoms with Gasteiger partial charge in [-0.15, -0.1) is 0 Å². The Morgan fingerprint density at radius 2 is 1.69 bits per heavy atom. The Hall–Kier alpha value is -3.57. The van der Waals surface area contributed by atoms with Gasteiger partial charge in [0.15, 0.2) is 0 Å². The first-order chi connectivity index (χ1) is 13.2. The van der Waals surface area contributed by atoms with E-state index < -0.39 is 22.5 Å². The number of anilines is 2. The van der Waals surface area contributed by atoms with E-state index in [4.69, 9.17) is 0 Å². The van der Waals surface area contributed by atoms with E-state index in [0.717, 1.165) is 17.1 Å². The van der Waals surface area contributed by atoms with Gasteiger partial charge in [0.1, 0.15) is 5.70 Å². The fourth-order valence-electron chi connectivity index (χ4n) is 3.24. The molecule has 0 saturated carbocycles. The number of allylic oxidation sites excluding steroid dienone is 1. The first-order valence-electron chi connectivity index (χ1n) is 8.07. The highest BCUT2D eigenvalue weighted by atomic mass is 19.4. The van der Waals surface area contributed by atoms with Crippen LogP contribution in [-0.2, 0) is 6.18 Å². The molecule has 0 saturated heterocycles. The topological polar surface area (TPSA) is 115 Å². The zero-order valence-electron chi connectivity index (χ0n) is 14.8. The molecule has 4 rings (SSSR count). The minimum atomic E-state index is -4.49. The highest BCUT2D eigenvalue weighted by Crippen LogP contribution is 2.44. The van der Waals surface area contributed by atoms with Crippen LogP contribution in [0.15, 0.2) is 65.7 Å². The highest BCUT2D eigenvalue weighted by Gasteiger charge is 2.43. The van der Waals surface area contributed by atoms with Gasteiger partial charge in [-0.3, -0.25) is 10.1 Å². The molecular formula is C18H14F3N4O4. The van der Waals surface area contributed by atoms with Gasteiger partial charge in [0, 0.05) is 0 Å². The molecular weight excluding hydrogens is 393 g/mol. The molecule has 0 atom stereocenters. The minimum absolute atomic E-state index is 0. The summed E-state index contributed by atoms with van der Waals surface area (Å²) in [4.78, 5) is 11.0. The molecule has 11 heteroatoms. The van der Waals surface area contributed by atoms with Crippen LogP contribution >= 0.6 is 0 Å². The predicted octanol–water partition coefficient (Wildman–Crippen LogP) is 3.39. The lowest BCUT2D eigenvalue weighted by Gasteiger charge is -2.26. The predicted molar refractivity (Wildman–Crippen MR) is 97.8 cm³/mol. The Bertz CT molecular complexity index is 1050. The maximum Gasteiger partial charge on any atom is 0.416 e. The summed E-state index contributed by atoms with van der Waals surface area (Å²) in [5, 5.41) is 24.6. The van der Waals surface area contributed by atoms with Crippen molar-refractivity contribution < 1.29 is 28.7 Å². The van der Waals surface area contributed by atoms with Crippen LogP contribution < -0.4 is 15.6 Å². The summed E-state index contributed by atoms with van der Waals surface area (Å²) in [5.74, 6) is -0.411. The molecule has 0 unspecified atom stereocenters. The Labute approximate surface area is 162 Å². The number of benzene rings is 2. The zero-order valence-corrected chi connectivity index (χ0v) is 14.8. The largest absolute Gasteiger partial charge is 0.492 e. The van der Waals surface area contributed by atoms with Crippen molar-refractivity contribution in [1.29, 1.82) is 0 Å². The number of fused-ring (bicyclic) bond motifs is 3. The van der Waals surface area contributed by atoms with E-state index in [1.807, 2.05) is 0 Å². The number of aliphatic hydroxyl groups excluding tert-OH is 1. The third-order valence-corrected chi connectivity index (χ3v) is 4.52. The Morgan fingerprint density at radius 3 is 2.28 bits per heavy atom. The number of aliphatic hydroxyl groups is 1. The zero-order chi connectivity index (χ0) is 20.2. The van der Waals surface area contributed by atoms with Crippen LogP contribution in [0.1, 0.15) is 18.1 Å². The molecule has 151 valence electrons. The molecule has 3 N–H and O–H groups in total. The number of alkyl halides is 3. The Balaban J connectivity index is 0.00000240. The van der Waals surface area contributed by atoms with Crippen molar-refractivity contribution in [3.63, 3.8) is 0 Å². The number of para-hydroxylation sites is 1. The first kappa shape index (κ1) is 20.2. The maximum absolute atomic E-state index is 12.8. The van der Waals surface area contributed by atoms with Gasteiger partial charge in [0.2, 0.25) is 5.88 Å². The maximum atomic E-state index is 12.8. The lowest BCUT2D eigenvalue weighted by atomic mass is 9.98. The molecule has 2 heterocycles. The number of hydrogen-bond acceptors (Lipinski definition) is 5. The molecule has 2 aliphatic rings. The number of nitrogens with zero attached hydrogens (tertiary/aromatic N) is 4. The van der Waals surface area contributed by atoms with E-state index >= 15 is 0 Å². The average Bonchev–Trinajstić information content (AvgIpc) is 2.99. The van der Waals surface area contributed by atoms with E-state index in [0.29, 0.717) is 11.3 Å². The normalized spacial score (nSPS) is 15.9. The molecule has 1 radical (unpaired) electrons.